The molecule has 1 fully saturated rings. The largest absolute Gasteiger partial charge is 0.409 e. The van der Waals surface area contributed by atoms with Crippen molar-refractivity contribution in [3.8, 4) is 0 Å². The fourth-order valence-corrected chi connectivity index (χ4v) is 3.57. The summed E-state index contributed by atoms with van der Waals surface area (Å²) in [7, 11) is 0. The van der Waals surface area contributed by atoms with Crippen LogP contribution in [0.5, 0.6) is 0 Å². The van der Waals surface area contributed by atoms with E-state index in [2.05, 4.69) is 26.0 Å². The van der Waals surface area contributed by atoms with Gasteiger partial charge in [-0.15, -0.1) is 0 Å². The molecule has 4 nitrogen and oxygen atoms in total. The van der Waals surface area contributed by atoms with E-state index in [4.69, 9.17) is 10.9 Å². The van der Waals surface area contributed by atoms with E-state index in [1.54, 1.807) is 12.1 Å². The average molecular weight is 358 g/mol. The van der Waals surface area contributed by atoms with Crippen LogP contribution in [0.3, 0.4) is 0 Å². The molecule has 0 spiro atoms. The summed E-state index contributed by atoms with van der Waals surface area (Å²) in [6, 6.07) is 3.79. The molecule has 1 aromatic carbocycles. The average Bonchev–Trinajstić information content (AvgIpc) is 2.52. The Morgan fingerprint density at radius 3 is 2.67 bits per heavy atom. The van der Waals surface area contributed by atoms with Gasteiger partial charge in [0, 0.05) is 18.2 Å². The Morgan fingerprint density at radius 1 is 1.43 bits per heavy atom. The number of oxime groups is 1. The van der Waals surface area contributed by atoms with Gasteiger partial charge in [0.15, 0.2) is 11.7 Å². The minimum Gasteiger partial charge on any atom is -0.409 e. The lowest BCUT2D eigenvalue weighted by atomic mass is 9.93. The molecule has 0 amide bonds. The van der Waals surface area contributed by atoms with Gasteiger partial charge in [0.2, 0.25) is 0 Å². The number of benzene rings is 1. The van der Waals surface area contributed by atoms with Crippen LogP contribution in [0, 0.1) is 5.82 Å². The molecule has 1 aliphatic carbocycles. The molecule has 0 radical (unpaired) electrons. The number of amidine groups is 1. The fraction of sp³-hybridized carbons (Fsp3) is 0.533. The summed E-state index contributed by atoms with van der Waals surface area (Å²) in [5.74, 6) is -0.459. The summed E-state index contributed by atoms with van der Waals surface area (Å²) >= 11 is 3.22. The molecule has 21 heavy (non-hydrogen) atoms. The molecule has 0 unspecified atom stereocenters. The quantitative estimate of drug-likeness (QED) is 0.372. The predicted molar refractivity (Wildman–Crippen MR) is 86.5 cm³/mol. The summed E-state index contributed by atoms with van der Waals surface area (Å²) in [6.07, 6.45) is 5.88. The Hall–Kier alpha value is -1.30. The van der Waals surface area contributed by atoms with Crippen LogP contribution in [0.1, 0.15) is 44.6 Å². The Bertz CT molecular complexity index is 530. The van der Waals surface area contributed by atoms with Gasteiger partial charge in [-0.1, -0.05) is 24.4 Å². The van der Waals surface area contributed by atoms with E-state index in [0.717, 1.165) is 19.4 Å². The van der Waals surface area contributed by atoms with E-state index in [1.165, 1.54) is 19.3 Å². The van der Waals surface area contributed by atoms with Crippen molar-refractivity contribution < 1.29 is 9.60 Å². The van der Waals surface area contributed by atoms with E-state index in [9.17, 15) is 4.39 Å². The number of hydrogen-bond donors (Lipinski definition) is 2. The lowest BCUT2D eigenvalue weighted by Crippen LogP contribution is -2.37. The van der Waals surface area contributed by atoms with Gasteiger partial charge in [-0.05, 0) is 47.8 Å². The van der Waals surface area contributed by atoms with E-state index in [1.807, 2.05) is 6.92 Å². The second kappa shape index (κ2) is 7.11. The number of nitrogens with two attached hydrogens (primary N) is 1. The van der Waals surface area contributed by atoms with Crippen molar-refractivity contribution in [3.05, 3.63) is 28.0 Å². The van der Waals surface area contributed by atoms with Gasteiger partial charge >= 0.3 is 0 Å². The molecule has 0 aromatic heterocycles. The summed E-state index contributed by atoms with van der Waals surface area (Å²) in [5.41, 5.74) is 6.49. The summed E-state index contributed by atoms with van der Waals surface area (Å²) in [6.45, 7) is 2.80. The van der Waals surface area contributed by atoms with Gasteiger partial charge in [-0.2, -0.15) is 0 Å². The van der Waals surface area contributed by atoms with Gasteiger partial charge in [-0.25, -0.2) is 4.39 Å². The summed E-state index contributed by atoms with van der Waals surface area (Å²) in [4.78, 5) is 2.12. The number of rotatable bonds is 4. The highest BCUT2D eigenvalue weighted by Gasteiger charge is 2.24. The maximum absolute atomic E-state index is 14.7. The van der Waals surface area contributed by atoms with Crippen molar-refractivity contribution in [1.82, 2.24) is 0 Å². The van der Waals surface area contributed by atoms with Crippen molar-refractivity contribution in [2.24, 2.45) is 10.9 Å². The SMILES string of the molecule is CCN(c1ccc(/C(N)=N/O)c(Br)c1F)C1CCCCC1. The lowest BCUT2D eigenvalue weighted by molar-refractivity contribution is 0.318. The van der Waals surface area contributed by atoms with Crippen LogP contribution >= 0.6 is 15.9 Å². The van der Waals surface area contributed by atoms with Crippen LogP contribution in [-0.2, 0) is 0 Å². The molecule has 0 aliphatic heterocycles. The van der Waals surface area contributed by atoms with Gasteiger partial charge < -0.3 is 15.8 Å². The topological polar surface area (TPSA) is 61.8 Å². The molecule has 0 heterocycles. The summed E-state index contributed by atoms with van der Waals surface area (Å²) < 4.78 is 14.9. The normalized spacial score (nSPS) is 17.0. The minimum atomic E-state index is -0.355. The number of hydrogen-bond acceptors (Lipinski definition) is 3. The van der Waals surface area contributed by atoms with Crippen molar-refractivity contribution in [1.29, 1.82) is 0 Å². The molecule has 1 aliphatic rings. The molecular formula is C15H21BrFN3O. The predicted octanol–water partition coefficient (Wildman–Crippen LogP) is 3.84. The highest BCUT2D eigenvalue weighted by Crippen LogP contribution is 2.33. The molecule has 0 bridgehead atoms. The first-order valence-corrected chi connectivity index (χ1v) is 8.12. The third kappa shape index (κ3) is 3.31. The van der Waals surface area contributed by atoms with Gasteiger partial charge in [0.05, 0.1) is 10.2 Å². The zero-order chi connectivity index (χ0) is 15.4. The Morgan fingerprint density at radius 2 is 2.10 bits per heavy atom. The van der Waals surface area contributed by atoms with Gasteiger partial charge in [-0.3, -0.25) is 0 Å². The summed E-state index contributed by atoms with van der Waals surface area (Å²) in [5, 5.41) is 11.7. The first kappa shape index (κ1) is 16.1. The highest BCUT2D eigenvalue weighted by atomic mass is 79.9. The van der Waals surface area contributed by atoms with Crippen LogP contribution < -0.4 is 10.6 Å². The molecule has 116 valence electrons. The molecule has 0 atom stereocenters. The highest BCUT2D eigenvalue weighted by molar-refractivity contribution is 9.10. The molecule has 2 rings (SSSR count). The van der Waals surface area contributed by atoms with Crippen molar-refractivity contribution in [3.63, 3.8) is 0 Å². The molecule has 0 saturated heterocycles. The fourth-order valence-electron chi connectivity index (χ4n) is 3.03. The molecule has 6 heteroatoms. The number of anilines is 1. The molecule has 1 saturated carbocycles. The van der Waals surface area contributed by atoms with Crippen molar-refractivity contribution >= 4 is 27.5 Å². The Balaban J connectivity index is 2.36. The van der Waals surface area contributed by atoms with Crippen LogP contribution in [-0.4, -0.2) is 23.6 Å². The zero-order valence-corrected chi connectivity index (χ0v) is 13.7. The van der Waals surface area contributed by atoms with E-state index < -0.39 is 0 Å². The second-order valence-corrected chi connectivity index (χ2v) is 6.12. The van der Waals surface area contributed by atoms with E-state index in [0.29, 0.717) is 17.3 Å². The van der Waals surface area contributed by atoms with Crippen molar-refractivity contribution in [2.45, 2.75) is 45.1 Å². The van der Waals surface area contributed by atoms with Crippen LogP contribution in [0.25, 0.3) is 0 Å². The van der Waals surface area contributed by atoms with Crippen LogP contribution in [0.2, 0.25) is 0 Å². The third-order valence-corrected chi connectivity index (χ3v) is 4.89. The molecule has 1 aromatic rings. The minimum absolute atomic E-state index is 0.104. The number of nitrogens with zero attached hydrogens (tertiary/aromatic N) is 2. The van der Waals surface area contributed by atoms with Crippen LogP contribution in [0.4, 0.5) is 10.1 Å². The zero-order valence-electron chi connectivity index (χ0n) is 12.1. The smallest absolute Gasteiger partial charge is 0.171 e. The maximum Gasteiger partial charge on any atom is 0.171 e. The third-order valence-electron chi connectivity index (χ3n) is 4.11. The van der Waals surface area contributed by atoms with E-state index >= 15 is 0 Å². The monoisotopic (exact) mass is 357 g/mol. The maximum atomic E-state index is 14.7. The second-order valence-electron chi connectivity index (χ2n) is 5.32. The Labute approximate surface area is 132 Å². The molecule has 3 N–H and O–H groups in total. The van der Waals surface area contributed by atoms with E-state index in [-0.39, 0.29) is 16.1 Å². The van der Waals surface area contributed by atoms with Gasteiger partial charge in [0.25, 0.3) is 0 Å². The van der Waals surface area contributed by atoms with Gasteiger partial charge in [0.1, 0.15) is 0 Å². The first-order chi connectivity index (χ1) is 10.1. The van der Waals surface area contributed by atoms with Crippen molar-refractivity contribution in [2.75, 3.05) is 11.4 Å². The first-order valence-electron chi connectivity index (χ1n) is 7.32. The molecular weight excluding hydrogens is 337 g/mol. The standard InChI is InChI=1S/C15H21BrFN3O/c1-2-20(10-6-4-3-5-7-10)12-9-8-11(15(18)19-21)13(16)14(12)17/h8-10,21H,2-7H2,1H3,(H2,18,19). The lowest BCUT2D eigenvalue weighted by Gasteiger charge is -2.35. The Kier molecular flexibility index (Phi) is 5.45. The van der Waals surface area contributed by atoms with Crippen LogP contribution in [0.15, 0.2) is 21.8 Å². The number of halogens is 2.